The molecular weight excluding hydrogens is 288 g/mol. The molecule has 122 valence electrons. The van der Waals surface area contributed by atoms with Gasteiger partial charge in [-0.15, -0.1) is 11.6 Å². The molecule has 5 heteroatoms. The maximum absolute atomic E-state index is 11.1. The highest BCUT2D eigenvalue weighted by atomic mass is 35.5. The maximum atomic E-state index is 11.1. The number of hydroxylamine groups is 2. The van der Waals surface area contributed by atoms with Crippen molar-refractivity contribution < 1.29 is 5.21 Å². The van der Waals surface area contributed by atoms with Crippen LogP contribution >= 0.6 is 11.6 Å². The Morgan fingerprint density at radius 3 is 2.62 bits per heavy atom. The van der Waals surface area contributed by atoms with Crippen LogP contribution in [0.15, 0.2) is 0 Å². The Labute approximate surface area is 133 Å². The van der Waals surface area contributed by atoms with Gasteiger partial charge in [0.1, 0.15) is 0 Å². The van der Waals surface area contributed by atoms with Crippen molar-refractivity contribution in [2.45, 2.75) is 62.8 Å². The Bertz CT molecular complexity index is 342. The van der Waals surface area contributed by atoms with Gasteiger partial charge in [-0.2, -0.15) is 0 Å². The summed E-state index contributed by atoms with van der Waals surface area (Å²) in [6, 6.07) is -0.253. The van der Waals surface area contributed by atoms with E-state index in [2.05, 4.69) is 4.90 Å². The normalized spacial score (nSPS) is 42.0. The van der Waals surface area contributed by atoms with E-state index in [1.807, 2.05) is 0 Å². The zero-order chi connectivity index (χ0) is 14.8. The largest absolute Gasteiger partial charge is 0.762 e. The molecule has 4 nitrogen and oxygen atoms in total. The molecule has 0 radical (unpaired) electrons. The molecule has 1 heterocycles. The summed E-state index contributed by atoms with van der Waals surface area (Å²) in [6.07, 6.45) is 9.27. The molecule has 0 aromatic carbocycles. The lowest BCUT2D eigenvalue weighted by molar-refractivity contribution is -0.0952. The number of fused-ring (bicyclic) bond motifs is 1. The van der Waals surface area contributed by atoms with Crippen molar-refractivity contribution in [2.75, 3.05) is 19.6 Å². The smallest absolute Gasteiger partial charge is 0.0377 e. The van der Waals surface area contributed by atoms with E-state index < -0.39 is 0 Å². The van der Waals surface area contributed by atoms with E-state index in [1.165, 1.54) is 45.2 Å². The Morgan fingerprint density at radius 2 is 1.86 bits per heavy atom. The van der Waals surface area contributed by atoms with Gasteiger partial charge >= 0.3 is 0 Å². The molecule has 3 aliphatic rings. The molecule has 0 spiro atoms. The lowest BCUT2D eigenvalue weighted by Gasteiger charge is -2.45. The average molecular weight is 316 g/mol. The number of alkyl halides is 1. The molecule has 0 aromatic heterocycles. The molecular formula is C16H28ClN2O2-. The number of rotatable bonds is 3. The molecule has 5 atom stereocenters. The fraction of sp³-hybridized carbons (Fsp3) is 1.00. The molecule has 0 amide bonds. The summed E-state index contributed by atoms with van der Waals surface area (Å²) in [5, 5.41) is 20.6. The van der Waals surface area contributed by atoms with Crippen molar-refractivity contribution in [3.8, 4) is 0 Å². The standard InChI is InChI=1S/C16H28ClN2O2/c17-16-6-5-15(19(20)21)9-14(16)11-18-8-7-12-3-1-2-4-13(12)10-18/h12-16,20H,1-11H2/q-1. The predicted octanol–water partition coefficient (Wildman–Crippen LogP) is 3.46. The molecule has 21 heavy (non-hydrogen) atoms. The number of halogens is 1. The summed E-state index contributed by atoms with van der Waals surface area (Å²) in [7, 11) is 0. The van der Waals surface area contributed by atoms with Gasteiger partial charge in [-0.25, -0.2) is 0 Å². The quantitative estimate of drug-likeness (QED) is 0.640. The first-order valence-electron chi connectivity index (χ1n) is 8.65. The fourth-order valence-electron chi connectivity index (χ4n) is 4.77. The Balaban J connectivity index is 1.53. The van der Waals surface area contributed by atoms with Crippen molar-refractivity contribution in [1.29, 1.82) is 0 Å². The molecule has 1 saturated heterocycles. The van der Waals surface area contributed by atoms with Crippen LogP contribution in [-0.2, 0) is 0 Å². The first-order valence-corrected chi connectivity index (χ1v) is 9.09. The topological polar surface area (TPSA) is 49.8 Å². The molecule has 3 rings (SSSR count). The van der Waals surface area contributed by atoms with E-state index in [-0.39, 0.29) is 16.6 Å². The third-order valence-electron chi connectivity index (χ3n) is 6.04. The highest BCUT2D eigenvalue weighted by molar-refractivity contribution is 6.20. The summed E-state index contributed by atoms with van der Waals surface area (Å²) in [6.45, 7) is 3.41. The number of piperidine rings is 1. The second-order valence-corrected chi connectivity index (χ2v) is 7.96. The monoisotopic (exact) mass is 315 g/mol. The van der Waals surface area contributed by atoms with E-state index in [1.54, 1.807) is 0 Å². The second-order valence-electron chi connectivity index (χ2n) is 7.40. The van der Waals surface area contributed by atoms with E-state index in [4.69, 9.17) is 16.8 Å². The third kappa shape index (κ3) is 3.91. The van der Waals surface area contributed by atoms with Gasteiger partial charge in [0, 0.05) is 24.5 Å². The predicted molar refractivity (Wildman–Crippen MR) is 84.3 cm³/mol. The highest BCUT2D eigenvalue weighted by Gasteiger charge is 2.35. The van der Waals surface area contributed by atoms with Crippen LogP contribution in [0.5, 0.6) is 0 Å². The minimum atomic E-state index is -0.253. The van der Waals surface area contributed by atoms with Gasteiger partial charge in [0.05, 0.1) is 0 Å². The molecule has 0 aromatic rings. The first-order chi connectivity index (χ1) is 10.1. The van der Waals surface area contributed by atoms with Crippen molar-refractivity contribution in [1.82, 2.24) is 10.1 Å². The van der Waals surface area contributed by atoms with Crippen molar-refractivity contribution >= 4 is 11.6 Å². The summed E-state index contributed by atoms with van der Waals surface area (Å²) >= 11 is 6.48. The van der Waals surface area contributed by atoms with E-state index >= 15 is 0 Å². The molecule has 0 bridgehead atoms. The molecule has 2 aliphatic carbocycles. The number of hydrogen-bond acceptors (Lipinski definition) is 4. The van der Waals surface area contributed by atoms with Gasteiger partial charge < -0.3 is 15.3 Å². The number of likely N-dealkylation sites (tertiary alicyclic amines) is 1. The van der Waals surface area contributed by atoms with Crippen LogP contribution in [0.2, 0.25) is 0 Å². The van der Waals surface area contributed by atoms with Crippen LogP contribution < -0.4 is 0 Å². The van der Waals surface area contributed by atoms with Crippen molar-refractivity contribution in [3.05, 3.63) is 5.21 Å². The van der Waals surface area contributed by atoms with Crippen LogP contribution in [0, 0.1) is 23.0 Å². The van der Waals surface area contributed by atoms with Gasteiger partial charge in [0.25, 0.3) is 0 Å². The van der Waals surface area contributed by atoms with Gasteiger partial charge in [0.15, 0.2) is 0 Å². The Hall–Kier alpha value is 0.130. The Morgan fingerprint density at radius 1 is 1.10 bits per heavy atom. The molecule has 1 aliphatic heterocycles. The third-order valence-corrected chi connectivity index (χ3v) is 6.62. The Kier molecular flexibility index (Phi) is 5.44. The number of nitrogens with zero attached hydrogens (tertiary/aromatic N) is 2. The summed E-state index contributed by atoms with van der Waals surface area (Å²) < 4.78 is 0. The highest BCUT2D eigenvalue weighted by Crippen LogP contribution is 2.38. The van der Waals surface area contributed by atoms with Crippen molar-refractivity contribution in [2.24, 2.45) is 17.8 Å². The molecule has 2 saturated carbocycles. The fourth-order valence-corrected chi connectivity index (χ4v) is 5.07. The van der Waals surface area contributed by atoms with Crippen LogP contribution in [0.4, 0.5) is 0 Å². The summed E-state index contributed by atoms with van der Waals surface area (Å²) in [5.74, 6) is 2.18. The van der Waals surface area contributed by atoms with E-state index in [0.29, 0.717) is 5.92 Å². The van der Waals surface area contributed by atoms with Crippen LogP contribution in [0.3, 0.4) is 0 Å². The van der Waals surface area contributed by atoms with E-state index in [9.17, 15) is 5.21 Å². The molecule has 5 unspecified atom stereocenters. The first kappa shape index (κ1) is 16.0. The number of hydrogen-bond donors (Lipinski definition) is 1. The van der Waals surface area contributed by atoms with Gasteiger partial charge in [-0.3, -0.25) is 5.23 Å². The second kappa shape index (κ2) is 7.14. The molecule has 3 fully saturated rings. The lowest BCUT2D eigenvalue weighted by Crippen LogP contribution is -2.47. The SMILES string of the molecule is [O-]N(O)C1CCC(Cl)C(CN2CCC3CCCCC3C2)C1. The van der Waals surface area contributed by atoms with Crippen LogP contribution in [0.1, 0.15) is 51.4 Å². The minimum Gasteiger partial charge on any atom is -0.762 e. The maximum Gasteiger partial charge on any atom is 0.0377 e. The summed E-state index contributed by atoms with van der Waals surface area (Å²) in [4.78, 5) is 2.57. The van der Waals surface area contributed by atoms with Gasteiger partial charge in [0.2, 0.25) is 0 Å². The van der Waals surface area contributed by atoms with Crippen LogP contribution in [0.25, 0.3) is 0 Å². The van der Waals surface area contributed by atoms with Crippen molar-refractivity contribution in [3.63, 3.8) is 0 Å². The summed E-state index contributed by atoms with van der Waals surface area (Å²) in [5.41, 5.74) is 0. The van der Waals surface area contributed by atoms with E-state index in [0.717, 1.165) is 37.6 Å². The van der Waals surface area contributed by atoms with Gasteiger partial charge in [-0.05, 0) is 56.4 Å². The van der Waals surface area contributed by atoms with Crippen LogP contribution in [-0.4, -0.2) is 46.4 Å². The van der Waals surface area contributed by atoms with Gasteiger partial charge in [-0.1, -0.05) is 19.3 Å². The zero-order valence-electron chi connectivity index (χ0n) is 12.8. The molecule has 1 N–H and O–H groups in total. The lowest BCUT2D eigenvalue weighted by atomic mass is 9.74. The average Bonchev–Trinajstić information content (AvgIpc) is 2.49. The minimum absolute atomic E-state index is 0.156. The zero-order valence-corrected chi connectivity index (χ0v) is 13.5.